The van der Waals surface area contributed by atoms with Crippen LogP contribution in [0.4, 0.5) is 15.6 Å². The van der Waals surface area contributed by atoms with Crippen LogP contribution in [-0.2, 0) is 0 Å². The first-order valence-corrected chi connectivity index (χ1v) is 7.61. The van der Waals surface area contributed by atoms with Gasteiger partial charge in [-0.2, -0.15) is 0 Å². The van der Waals surface area contributed by atoms with E-state index in [1.165, 1.54) is 11.3 Å². The van der Waals surface area contributed by atoms with E-state index >= 15 is 0 Å². The fourth-order valence-corrected chi connectivity index (χ4v) is 3.05. The van der Waals surface area contributed by atoms with Crippen molar-refractivity contribution < 1.29 is 9.53 Å². The molecule has 0 radical (unpaired) electrons. The Bertz CT molecular complexity index is 835. The van der Waals surface area contributed by atoms with E-state index in [0.717, 1.165) is 10.2 Å². The Morgan fingerprint density at radius 2 is 2.09 bits per heavy atom. The molecule has 0 unspecified atom stereocenters. The molecule has 1 aromatic heterocycles. The van der Waals surface area contributed by atoms with Gasteiger partial charge < -0.3 is 10.1 Å². The highest BCUT2D eigenvalue weighted by atomic mass is 35.5. The molecule has 0 aliphatic heterocycles. The minimum Gasteiger partial charge on any atom is -0.497 e. The summed E-state index contributed by atoms with van der Waals surface area (Å²) in [5, 5.41) is 6.60. The first-order valence-electron chi connectivity index (χ1n) is 6.42. The van der Waals surface area contributed by atoms with Crippen molar-refractivity contribution in [1.29, 1.82) is 0 Å². The lowest BCUT2D eigenvalue weighted by atomic mass is 10.3. The van der Waals surface area contributed by atoms with Gasteiger partial charge in [-0.1, -0.05) is 29.0 Å². The fraction of sp³-hybridized carbons (Fsp3) is 0.0667. The Balaban J connectivity index is 1.72. The molecule has 1 heterocycles. The maximum atomic E-state index is 12.0. The SMILES string of the molecule is COc1cccc(NC(=O)Nc2nc3ccc(Cl)cc3s2)c1. The zero-order valence-corrected chi connectivity index (χ0v) is 13.2. The lowest BCUT2D eigenvalue weighted by molar-refractivity contribution is 0.262. The van der Waals surface area contributed by atoms with E-state index in [1.807, 2.05) is 12.1 Å². The van der Waals surface area contributed by atoms with Gasteiger partial charge in [0, 0.05) is 16.8 Å². The summed E-state index contributed by atoms with van der Waals surface area (Å²) in [6, 6.07) is 12.2. The maximum Gasteiger partial charge on any atom is 0.325 e. The molecule has 5 nitrogen and oxygen atoms in total. The Kier molecular flexibility index (Phi) is 4.13. The topological polar surface area (TPSA) is 63.2 Å². The van der Waals surface area contributed by atoms with Crippen LogP contribution in [-0.4, -0.2) is 18.1 Å². The highest BCUT2D eigenvalue weighted by Crippen LogP contribution is 2.28. The number of carbonyl (C=O) groups excluding carboxylic acids is 1. The number of hydrogen-bond donors (Lipinski definition) is 2. The van der Waals surface area contributed by atoms with Crippen LogP contribution in [0, 0.1) is 0 Å². The Morgan fingerprint density at radius 1 is 1.23 bits per heavy atom. The molecule has 2 aromatic carbocycles. The summed E-state index contributed by atoms with van der Waals surface area (Å²) in [6.45, 7) is 0. The van der Waals surface area contributed by atoms with Gasteiger partial charge in [0.15, 0.2) is 5.13 Å². The number of amides is 2. The summed E-state index contributed by atoms with van der Waals surface area (Å²) in [5.74, 6) is 0.674. The van der Waals surface area contributed by atoms with Gasteiger partial charge in [-0.15, -0.1) is 0 Å². The number of thiazole rings is 1. The van der Waals surface area contributed by atoms with Crippen LogP contribution in [0.1, 0.15) is 0 Å². The van der Waals surface area contributed by atoms with Gasteiger partial charge in [-0.05, 0) is 30.3 Å². The summed E-state index contributed by atoms with van der Waals surface area (Å²) < 4.78 is 6.03. The summed E-state index contributed by atoms with van der Waals surface area (Å²) in [6.07, 6.45) is 0. The second-order valence-corrected chi connectivity index (χ2v) is 5.91. The van der Waals surface area contributed by atoms with Crippen molar-refractivity contribution in [3.05, 3.63) is 47.5 Å². The number of halogens is 1. The van der Waals surface area contributed by atoms with Crippen LogP contribution in [0.25, 0.3) is 10.2 Å². The number of benzene rings is 2. The number of anilines is 2. The summed E-state index contributed by atoms with van der Waals surface area (Å²) >= 11 is 7.30. The number of rotatable bonds is 3. The van der Waals surface area contributed by atoms with Gasteiger partial charge in [-0.25, -0.2) is 9.78 Å². The quantitative estimate of drug-likeness (QED) is 0.736. The molecular weight excluding hydrogens is 322 g/mol. The molecule has 3 rings (SSSR count). The van der Waals surface area contributed by atoms with E-state index in [1.54, 1.807) is 37.4 Å². The van der Waals surface area contributed by atoms with E-state index in [-0.39, 0.29) is 6.03 Å². The Morgan fingerprint density at radius 3 is 2.91 bits per heavy atom. The van der Waals surface area contributed by atoms with E-state index in [2.05, 4.69) is 15.6 Å². The highest BCUT2D eigenvalue weighted by molar-refractivity contribution is 7.22. The average molecular weight is 334 g/mol. The van der Waals surface area contributed by atoms with Crippen molar-refractivity contribution in [2.75, 3.05) is 17.7 Å². The Hall–Kier alpha value is -2.31. The van der Waals surface area contributed by atoms with Gasteiger partial charge >= 0.3 is 6.03 Å². The summed E-state index contributed by atoms with van der Waals surface area (Å²) in [7, 11) is 1.57. The first-order chi connectivity index (χ1) is 10.6. The molecule has 112 valence electrons. The predicted octanol–water partition coefficient (Wildman–Crippen LogP) is 4.60. The number of nitrogens with one attached hydrogen (secondary N) is 2. The molecule has 7 heteroatoms. The number of methoxy groups -OCH3 is 1. The van der Waals surface area contributed by atoms with Crippen molar-refractivity contribution in [2.24, 2.45) is 0 Å². The second kappa shape index (κ2) is 6.21. The number of aromatic nitrogens is 1. The summed E-state index contributed by atoms with van der Waals surface area (Å²) in [4.78, 5) is 16.3. The van der Waals surface area contributed by atoms with Crippen LogP contribution >= 0.6 is 22.9 Å². The molecule has 22 heavy (non-hydrogen) atoms. The minimum atomic E-state index is -0.363. The van der Waals surface area contributed by atoms with Gasteiger partial charge in [0.2, 0.25) is 0 Å². The number of hydrogen-bond acceptors (Lipinski definition) is 4. The van der Waals surface area contributed by atoms with Crippen LogP contribution in [0.15, 0.2) is 42.5 Å². The zero-order chi connectivity index (χ0) is 15.5. The molecule has 0 spiro atoms. The zero-order valence-electron chi connectivity index (χ0n) is 11.6. The molecule has 2 N–H and O–H groups in total. The molecule has 3 aromatic rings. The van der Waals surface area contributed by atoms with Crippen molar-refractivity contribution >= 4 is 50.0 Å². The van der Waals surface area contributed by atoms with Crippen LogP contribution in [0.5, 0.6) is 5.75 Å². The highest BCUT2D eigenvalue weighted by Gasteiger charge is 2.08. The average Bonchev–Trinajstić information content (AvgIpc) is 2.88. The largest absolute Gasteiger partial charge is 0.497 e. The van der Waals surface area contributed by atoms with Gasteiger partial charge in [0.25, 0.3) is 0 Å². The van der Waals surface area contributed by atoms with E-state index in [9.17, 15) is 4.79 Å². The standard InChI is InChI=1S/C15H12ClN3O2S/c1-21-11-4-2-3-10(8-11)17-14(20)19-15-18-12-6-5-9(16)7-13(12)22-15/h2-8H,1H3,(H2,17,18,19,20). The lowest BCUT2D eigenvalue weighted by Gasteiger charge is -2.06. The molecule has 0 saturated heterocycles. The smallest absolute Gasteiger partial charge is 0.325 e. The van der Waals surface area contributed by atoms with Crippen LogP contribution in [0.3, 0.4) is 0 Å². The molecular formula is C15H12ClN3O2S. The predicted molar refractivity (Wildman–Crippen MR) is 90.3 cm³/mol. The number of nitrogens with zero attached hydrogens (tertiary/aromatic N) is 1. The number of ether oxygens (including phenoxy) is 1. The van der Waals surface area contributed by atoms with Crippen molar-refractivity contribution in [2.45, 2.75) is 0 Å². The maximum absolute atomic E-state index is 12.0. The first kappa shape index (κ1) is 14.6. The molecule has 0 aliphatic rings. The number of urea groups is 1. The molecule has 0 aliphatic carbocycles. The van der Waals surface area contributed by atoms with Crippen LogP contribution < -0.4 is 15.4 Å². The van der Waals surface area contributed by atoms with Gasteiger partial charge in [0.05, 0.1) is 17.3 Å². The molecule has 0 fully saturated rings. The lowest BCUT2D eigenvalue weighted by Crippen LogP contribution is -2.19. The monoisotopic (exact) mass is 333 g/mol. The molecule has 0 saturated carbocycles. The minimum absolute atomic E-state index is 0.363. The molecule has 0 atom stereocenters. The normalized spacial score (nSPS) is 10.5. The van der Waals surface area contributed by atoms with Crippen molar-refractivity contribution in [3.8, 4) is 5.75 Å². The van der Waals surface area contributed by atoms with E-state index < -0.39 is 0 Å². The third-order valence-corrected chi connectivity index (χ3v) is 4.07. The Labute approximate surface area is 135 Å². The third kappa shape index (κ3) is 3.29. The van der Waals surface area contributed by atoms with Crippen molar-refractivity contribution in [1.82, 2.24) is 4.98 Å². The number of fused-ring (bicyclic) bond motifs is 1. The molecule has 0 bridgehead atoms. The fourth-order valence-electron chi connectivity index (χ4n) is 1.91. The molecule has 2 amide bonds. The van der Waals surface area contributed by atoms with Crippen LogP contribution in [0.2, 0.25) is 5.02 Å². The summed E-state index contributed by atoms with van der Waals surface area (Å²) in [5.41, 5.74) is 1.44. The third-order valence-electron chi connectivity index (χ3n) is 2.90. The number of carbonyl (C=O) groups is 1. The van der Waals surface area contributed by atoms with Gasteiger partial charge in [-0.3, -0.25) is 5.32 Å². The van der Waals surface area contributed by atoms with Crippen molar-refractivity contribution in [3.63, 3.8) is 0 Å². The second-order valence-electron chi connectivity index (χ2n) is 4.44. The van der Waals surface area contributed by atoms with Gasteiger partial charge in [0.1, 0.15) is 5.75 Å². The van der Waals surface area contributed by atoms with E-state index in [0.29, 0.717) is 21.6 Å². The van der Waals surface area contributed by atoms with E-state index in [4.69, 9.17) is 16.3 Å².